The molecular weight excluding hydrogens is 272 g/mol. The van der Waals surface area contributed by atoms with Crippen molar-refractivity contribution in [1.29, 1.82) is 0 Å². The molecular formula is C11H15BrN2S. The molecule has 1 aliphatic heterocycles. The van der Waals surface area contributed by atoms with Crippen molar-refractivity contribution < 1.29 is 0 Å². The first kappa shape index (κ1) is 11.4. The van der Waals surface area contributed by atoms with E-state index in [0.29, 0.717) is 6.04 Å². The van der Waals surface area contributed by atoms with E-state index in [1.165, 1.54) is 24.3 Å². The van der Waals surface area contributed by atoms with Crippen molar-refractivity contribution in [1.82, 2.24) is 10.3 Å². The van der Waals surface area contributed by atoms with Crippen LogP contribution in [0.15, 0.2) is 22.8 Å². The molecule has 2 nitrogen and oxygen atoms in total. The van der Waals surface area contributed by atoms with E-state index in [4.69, 9.17) is 0 Å². The second kappa shape index (κ2) is 5.87. The Morgan fingerprint density at radius 3 is 2.93 bits per heavy atom. The summed E-state index contributed by atoms with van der Waals surface area (Å²) in [6.07, 6.45) is 2.58. The molecule has 2 heterocycles. The van der Waals surface area contributed by atoms with Gasteiger partial charge in [-0.3, -0.25) is 0 Å². The van der Waals surface area contributed by atoms with Gasteiger partial charge in [0.2, 0.25) is 0 Å². The van der Waals surface area contributed by atoms with Gasteiger partial charge in [0.15, 0.2) is 0 Å². The number of hydrogen-bond donors (Lipinski definition) is 1. The van der Waals surface area contributed by atoms with Gasteiger partial charge >= 0.3 is 0 Å². The van der Waals surface area contributed by atoms with Gasteiger partial charge in [-0.2, -0.15) is 11.8 Å². The van der Waals surface area contributed by atoms with E-state index < -0.39 is 0 Å². The maximum absolute atomic E-state index is 4.41. The topological polar surface area (TPSA) is 24.9 Å². The van der Waals surface area contributed by atoms with Crippen LogP contribution in [0.3, 0.4) is 0 Å². The van der Waals surface area contributed by atoms with Crippen molar-refractivity contribution in [2.75, 3.05) is 11.5 Å². The molecule has 1 aromatic heterocycles. The van der Waals surface area contributed by atoms with Gasteiger partial charge in [0.25, 0.3) is 0 Å². The molecule has 0 spiro atoms. The minimum atomic E-state index is 0.687. The van der Waals surface area contributed by atoms with Crippen LogP contribution in [0.2, 0.25) is 0 Å². The molecule has 0 amide bonds. The summed E-state index contributed by atoms with van der Waals surface area (Å²) in [5.74, 6) is 2.59. The van der Waals surface area contributed by atoms with Crippen LogP contribution in [0, 0.1) is 0 Å². The highest BCUT2D eigenvalue weighted by molar-refractivity contribution is 9.10. The standard InChI is InChI=1S/C11H15BrN2S/c12-11-3-1-2-10(14-11)8-13-9-4-6-15-7-5-9/h1-3,9,13H,4-8H2. The first-order chi connectivity index (χ1) is 7.34. The molecule has 15 heavy (non-hydrogen) atoms. The minimum absolute atomic E-state index is 0.687. The zero-order valence-corrected chi connectivity index (χ0v) is 11.0. The van der Waals surface area contributed by atoms with Crippen molar-refractivity contribution in [2.24, 2.45) is 0 Å². The lowest BCUT2D eigenvalue weighted by molar-refractivity contribution is 0.478. The average Bonchev–Trinajstić information content (AvgIpc) is 2.28. The molecule has 1 aromatic rings. The third kappa shape index (κ3) is 3.78. The lowest BCUT2D eigenvalue weighted by Gasteiger charge is -2.22. The predicted molar refractivity (Wildman–Crippen MR) is 69.1 cm³/mol. The normalized spacial score (nSPS) is 17.9. The molecule has 0 bridgehead atoms. The van der Waals surface area contributed by atoms with Crippen LogP contribution in [0.25, 0.3) is 0 Å². The summed E-state index contributed by atoms with van der Waals surface area (Å²) in [5.41, 5.74) is 1.11. The molecule has 0 saturated carbocycles. The average molecular weight is 287 g/mol. The largest absolute Gasteiger partial charge is 0.308 e. The van der Waals surface area contributed by atoms with Crippen LogP contribution in [-0.2, 0) is 6.54 Å². The summed E-state index contributed by atoms with van der Waals surface area (Å²) >= 11 is 5.45. The van der Waals surface area contributed by atoms with Gasteiger partial charge in [-0.25, -0.2) is 4.98 Å². The Kier molecular flexibility index (Phi) is 4.47. The van der Waals surface area contributed by atoms with Gasteiger partial charge in [-0.1, -0.05) is 6.07 Å². The van der Waals surface area contributed by atoms with Gasteiger partial charge in [-0.15, -0.1) is 0 Å². The molecule has 0 aromatic carbocycles. The fourth-order valence-electron chi connectivity index (χ4n) is 1.70. The molecule has 0 unspecified atom stereocenters. The molecule has 2 rings (SSSR count). The lowest BCUT2D eigenvalue weighted by Crippen LogP contribution is -2.32. The van der Waals surface area contributed by atoms with Gasteiger partial charge in [0.1, 0.15) is 4.60 Å². The Labute approximate surface area is 103 Å². The lowest BCUT2D eigenvalue weighted by atomic mass is 10.1. The molecule has 4 heteroatoms. The fraction of sp³-hybridized carbons (Fsp3) is 0.545. The van der Waals surface area contributed by atoms with E-state index >= 15 is 0 Å². The van der Waals surface area contributed by atoms with Crippen LogP contribution in [0.1, 0.15) is 18.5 Å². The number of pyridine rings is 1. The highest BCUT2D eigenvalue weighted by Crippen LogP contribution is 2.17. The van der Waals surface area contributed by atoms with Crippen LogP contribution >= 0.6 is 27.7 Å². The molecule has 1 N–H and O–H groups in total. The number of aromatic nitrogens is 1. The van der Waals surface area contributed by atoms with Crippen LogP contribution in [-0.4, -0.2) is 22.5 Å². The number of rotatable bonds is 3. The maximum Gasteiger partial charge on any atom is 0.106 e. The smallest absolute Gasteiger partial charge is 0.106 e. The minimum Gasteiger partial charge on any atom is -0.308 e. The number of halogens is 1. The molecule has 82 valence electrons. The fourth-order valence-corrected chi connectivity index (χ4v) is 3.19. The highest BCUT2D eigenvalue weighted by Gasteiger charge is 2.12. The third-order valence-corrected chi connectivity index (χ3v) is 4.06. The Hall–Kier alpha value is -0.0600. The number of hydrogen-bond acceptors (Lipinski definition) is 3. The SMILES string of the molecule is Brc1cccc(CNC2CCSCC2)n1. The van der Waals surface area contributed by atoms with Crippen LogP contribution < -0.4 is 5.32 Å². The summed E-state index contributed by atoms with van der Waals surface area (Å²) in [6.45, 7) is 0.884. The molecule has 0 radical (unpaired) electrons. The molecule has 0 atom stereocenters. The van der Waals surface area contributed by atoms with Crippen molar-refractivity contribution in [3.63, 3.8) is 0 Å². The van der Waals surface area contributed by atoms with Crippen molar-refractivity contribution in [3.05, 3.63) is 28.5 Å². The first-order valence-corrected chi connectivity index (χ1v) is 7.22. The quantitative estimate of drug-likeness (QED) is 0.865. The van der Waals surface area contributed by atoms with Gasteiger partial charge < -0.3 is 5.32 Å². The van der Waals surface area contributed by atoms with E-state index in [0.717, 1.165) is 16.8 Å². The summed E-state index contributed by atoms with van der Waals surface area (Å²) in [5, 5.41) is 3.57. The number of nitrogens with one attached hydrogen (secondary N) is 1. The maximum atomic E-state index is 4.41. The summed E-state index contributed by atoms with van der Waals surface area (Å²) in [7, 11) is 0. The van der Waals surface area contributed by atoms with Crippen molar-refractivity contribution >= 4 is 27.7 Å². The number of nitrogens with zero attached hydrogens (tertiary/aromatic N) is 1. The zero-order chi connectivity index (χ0) is 10.5. The second-order valence-corrected chi connectivity index (χ2v) is 5.76. The van der Waals surface area contributed by atoms with Crippen LogP contribution in [0.5, 0.6) is 0 Å². The van der Waals surface area contributed by atoms with E-state index in [-0.39, 0.29) is 0 Å². The highest BCUT2D eigenvalue weighted by atomic mass is 79.9. The Morgan fingerprint density at radius 1 is 1.40 bits per heavy atom. The van der Waals surface area contributed by atoms with Gasteiger partial charge in [0, 0.05) is 12.6 Å². The Bertz CT molecular complexity index is 313. The van der Waals surface area contributed by atoms with Crippen molar-refractivity contribution in [2.45, 2.75) is 25.4 Å². The molecule has 0 aliphatic carbocycles. The van der Waals surface area contributed by atoms with Crippen molar-refractivity contribution in [3.8, 4) is 0 Å². The summed E-state index contributed by atoms with van der Waals surface area (Å²) < 4.78 is 0.918. The first-order valence-electron chi connectivity index (χ1n) is 5.27. The van der Waals surface area contributed by atoms with Gasteiger partial charge in [0.05, 0.1) is 5.69 Å². The molecule has 1 aliphatic rings. The van der Waals surface area contributed by atoms with E-state index in [2.05, 4.69) is 44.1 Å². The predicted octanol–water partition coefficient (Wildman–Crippen LogP) is 2.83. The monoisotopic (exact) mass is 286 g/mol. The van der Waals surface area contributed by atoms with Crippen LogP contribution in [0.4, 0.5) is 0 Å². The third-order valence-electron chi connectivity index (χ3n) is 2.57. The molecule has 1 saturated heterocycles. The van der Waals surface area contributed by atoms with Gasteiger partial charge in [-0.05, 0) is 52.4 Å². The van der Waals surface area contributed by atoms with E-state index in [1.54, 1.807) is 0 Å². The summed E-state index contributed by atoms with van der Waals surface area (Å²) in [6, 6.07) is 6.74. The number of thioether (sulfide) groups is 1. The van der Waals surface area contributed by atoms with E-state index in [9.17, 15) is 0 Å². The Morgan fingerprint density at radius 2 is 2.20 bits per heavy atom. The molecule has 1 fully saturated rings. The van der Waals surface area contributed by atoms with E-state index in [1.807, 2.05) is 12.1 Å². The Balaban J connectivity index is 1.81. The zero-order valence-electron chi connectivity index (χ0n) is 8.58. The summed E-state index contributed by atoms with van der Waals surface area (Å²) in [4.78, 5) is 4.41. The second-order valence-electron chi connectivity index (χ2n) is 3.72.